The van der Waals surface area contributed by atoms with Crippen LogP contribution in [-0.4, -0.2) is 39.9 Å². The number of carbonyl (C=O) groups excluding carboxylic acids is 3. The van der Waals surface area contributed by atoms with Crippen LogP contribution in [0.4, 0.5) is 10.5 Å². The van der Waals surface area contributed by atoms with Crippen LogP contribution in [0.3, 0.4) is 0 Å². The minimum atomic E-state index is -0.920. The number of nitrogens with one attached hydrogen (secondary N) is 2. The van der Waals surface area contributed by atoms with Crippen molar-refractivity contribution in [2.24, 2.45) is 11.3 Å². The minimum absolute atomic E-state index is 0.0601. The molecule has 28 heavy (non-hydrogen) atoms. The second-order valence-electron chi connectivity index (χ2n) is 9.26. The molecule has 1 aromatic carbocycles. The number of hydrogen-bond donors (Lipinski definition) is 3. The third-order valence-corrected chi connectivity index (χ3v) is 5.74. The van der Waals surface area contributed by atoms with Gasteiger partial charge in [-0.3, -0.25) is 14.5 Å². The fourth-order valence-electron chi connectivity index (χ4n) is 4.96. The van der Waals surface area contributed by atoms with E-state index in [4.69, 9.17) is 0 Å². The number of imide groups is 1. The van der Waals surface area contributed by atoms with Crippen molar-refractivity contribution in [3.63, 3.8) is 0 Å². The monoisotopic (exact) mass is 387 g/mol. The van der Waals surface area contributed by atoms with Crippen LogP contribution in [0.1, 0.15) is 51.2 Å². The summed E-state index contributed by atoms with van der Waals surface area (Å²) in [6, 6.07) is 2.72. The van der Waals surface area contributed by atoms with E-state index in [-0.39, 0.29) is 23.6 Å². The molecule has 1 aromatic rings. The highest BCUT2D eigenvalue weighted by Gasteiger charge is 2.56. The largest absolute Gasteiger partial charge is 0.508 e. The molecule has 0 aromatic heterocycles. The summed E-state index contributed by atoms with van der Waals surface area (Å²) >= 11 is 0. The Morgan fingerprint density at radius 1 is 1.25 bits per heavy atom. The topological polar surface area (TPSA) is 98.7 Å². The van der Waals surface area contributed by atoms with Crippen molar-refractivity contribution in [2.45, 2.75) is 59.4 Å². The van der Waals surface area contributed by atoms with E-state index in [0.717, 1.165) is 16.9 Å². The average Bonchev–Trinajstić information content (AvgIpc) is 2.74. The lowest BCUT2D eigenvalue weighted by molar-refractivity contribution is -0.136. The number of benzene rings is 1. The van der Waals surface area contributed by atoms with Gasteiger partial charge in [-0.15, -0.1) is 0 Å². The molecule has 0 radical (unpaired) electrons. The molecule has 0 bridgehead atoms. The fraction of sp³-hybridized carbons (Fsp3) is 0.571. The van der Waals surface area contributed by atoms with Crippen LogP contribution < -0.4 is 10.6 Å². The molecular formula is C21H29N3O4. The number of aryl methyl sites for hydroxylation is 2. The zero-order valence-corrected chi connectivity index (χ0v) is 17.2. The maximum Gasteiger partial charge on any atom is 0.325 e. The number of rotatable bonds is 3. The lowest BCUT2D eigenvalue weighted by Gasteiger charge is -2.43. The number of phenols is 1. The van der Waals surface area contributed by atoms with Gasteiger partial charge in [-0.1, -0.05) is 26.8 Å². The van der Waals surface area contributed by atoms with E-state index in [1.165, 1.54) is 6.07 Å². The van der Waals surface area contributed by atoms with E-state index in [1.54, 1.807) is 13.0 Å². The van der Waals surface area contributed by atoms with Crippen molar-refractivity contribution >= 4 is 23.5 Å². The summed E-state index contributed by atoms with van der Waals surface area (Å²) in [4.78, 5) is 39.1. The van der Waals surface area contributed by atoms with Crippen molar-refractivity contribution in [3.8, 4) is 5.75 Å². The summed E-state index contributed by atoms with van der Waals surface area (Å²) in [6.07, 6.45) is 2.15. The highest BCUT2D eigenvalue weighted by molar-refractivity contribution is 6.10. The van der Waals surface area contributed by atoms with Crippen LogP contribution in [0.2, 0.25) is 0 Å². The Morgan fingerprint density at radius 2 is 1.93 bits per heavy atom. The summed E-state index contributed by atoms with van der Waals surface area (Å²) in [6.45, 7) is 9.53. The summed E-state index contributed by atoms with van der Waals surface area (Å²) < 4.78 is 0. The van der Waals surface area contributed by atoms with E-state index < -0.39 is 17.5 Å². The predicted molar refractivity (Wildman–Crippen MR) is 106 cm³/mol. The van der Waals surface area contributed by atoms with E-state index >= 15 is 0 Å². The number of carbonyl (C=O) groups is 3. The SMILES string of the molecule is Cc1cc(C)c(NC(=O)CN2C(=O)NC3(CC(C)CC(C)(C)C3)C2=O)cc1O. The Morgan fingerprint density at radius 3 is 2.57 bits per heavy atom. The van der Waals surface area contributed by atoms with Gasteiger partial charge >= 0.3 is 6.03 Å². The van der Waals surface area contributed by atoms with Gasteiger partial charge in [0.15, 0.2) is 0 Å². The molecule has 152 valence electrons. The third-order valence-electron chi connectivity index (χ3n) is 5.74. The number of aromatic hydroxyl groups is 1. The highest BCUT2D eigenvalue weighted by atomic mass is 16.3. The molecule has 2 aliphatic rings. The third kappa shape index (κ3) is 3.70. The first-order chi connectivity index (χ1) is 12.9. The van der Waals surface area contributed by atoms with Crippen molar-refractivity contribution in [1.82, 2.24) is 10.2 Å². The molecule has 2 unspecified atom stereocenters. The number of phenolic OH excluding ortho intramolecular Hbond substituents is 1. The van der Waals surface area contributed by atoms with Crippen LogP contribution in [0, 0.1) is 25.2 Å². The molecule has 2 fully saturated rings. The second-order valence-corrected chi connectivity index (χ2v) is 9.26. The Hall–Kier alpha value is -2.57. The first kappa shape index (κ1) is 20.2. The van der Waals surface area contributed by atoms with Gasteiger partial charge in [-0.05, 0) is 55.6 Å². The van der Waals surface area contributed by atoms with Crippen molar-refractivity contribution in [2.75, 3.05) is 11.9 Å². The van der Waals surface area contributed by atoms with Gasteiger partial charge in [0.1, 0.15) is 17.8 Å². The van der Waals surface area contributed by atoms with E-state index in [9.17, 15) is 19.5 Å². The first-order valence-electron chi connectivity index (χ1n) is 9.67. The quantitative estimate of drug-likeness (QED) is 0.694. The van der Waals surface area contributed by atoms with Crippen molar-refractivity contribution in [1.29, 1.82) is 0 Å². The highest BCUT2D eigenvalue weighted by Crippen LogP contribution is 2.46. The molecule has 4 amide bonds. The second kappa shape index (κ2) is 6.79. The number of urea groups is 1. The molecule has 1 aliphatic heterocycles. The normalized spacial score (nSPS) is 26.5. The van der Waals surface area contributed by atoms with Crippen LogP contribution in [0.5, 0.6) is 5.75 Å². The molecule has 1 saturated carbocycles. The van der Waals surface area contributed by atoms with Gasteiger partial charge in [0.05, 0.1) is 0 Å². The Balaban J connectivity index is 1.74. The maximum atomic E-state index is 13.1. The number of nitrogens with zero attached hydrogens (tertiary/aromatic N) is 1. The molecule has 3 N–H and O–H groups in total. The molecule has 1 aliphatic carbocycles. The van der Waals surface area contributed by atoms with Gasteiger partial charge in [0.25, 0.3) is 5.91 Å². The molecule has 7 heteroatoms. The lowest BCUT2D eigenvalue weighted by atomic mass is 9.64. The smallest absolute Gasteiger partial charge is 0.325 e. The van der Waals surface area contributed by atoms with Gasteiger partial charge in [0, 0.05) is 11.8 Å². The van der Waals surface area contributed by atoms with E-state index in [2.05, 4.69) is 31.4 Å². The molecule has 2 atom stereocenters. The van der Waals surface area contributed by atoms with Crippen LogP contribution >= 0.6 is 0 Å². The Labute approximate surface area is 165 Å². The zero-order chi connectivity index (χ0) is 20.9. The zero-order valence-electron chi connectivity index (χ0n) is 17.2. The Bertz CT molecular complexity index is 848. The van der Waals surface area contributed by atoms with Gasteiger partial charge < -0.3 is 15.7 Å². The standard InChI is InChI=1S/C21H29N3O4/c1-12-8-20(4,5)11-21(9-12)18(27)24(19(28)23-21)10-17(26)22-15-7-16(25)14(3)6-13(15)2/h6-7,12,25H,8-11H2,1-5H3,(H,22,26)(H,23,28). The molecule has 1 spiro atoms. The van der Waals surface area contributed by atoms with E-state index in [0.29, 0.717) is 30.0 Å². The Kier molecular flexibility index (Phi) is 4.89. The molecule has 7 nitrogen and oxygen atoms in total. The number of hydrogen-bond acceptors (Lipinski definition) is 4. The molecule has 1 saturated heterocycles. The fourth-order valence-corrected chi connectivity index (χ4v) is 4.96. The first-order valence-corrected chi connectivity index (χ1v) is 9.67. The van der Waals surface area contributed by atoms with Crippen molar-refractivity contribution in [3.05, 3.63) is 23.3 Å². The molecule has 1 heterocycles. The number of amides is 4. The van der Waals surface area contributed by atoms with Gasteiger partial charge in [0.2, 0.25) is 5.91 Å². The molecular weight excluding hydrogens is 358 g/mol. The maximum absolute atomic E-state index is 13.1. The van der Waals surface area contributed by atoms with Crippen molar-refractivity contribution < 1.29 is 19.5 Å². The minimum Gasteiger partial charge on any atom is -0.508 e. The van der Waals surface area contributed by atoms with Gasteiger partial charge in [-0.2, -0.15) is 0 Å². The van der Waals surface area contributed by atoms with E-state index in [1.807, 2.05) is 6.92 Å². The van der Waals surface area contributed by atoms with Crippen LogP contribution in [0.15, 0.2) is 12.1 Å². The molecule has 3 rings (SSSR count). The summed E-state index contributed by atoms with van der Waals surface area (Å²) in [5.74, 6) is -0.418. The predicted octanol–water partition coefficient (Wildman–Crippen LogP) is 3.08. The summed E-state index contributed by atoms with van der Waals surface area (Å²) in [7, 11) is 0. The number of anilines is 1. The summed E-state index contributed by atoms with van der Waals surface area (Å²) in [5, 5.41) is 15.4. The lowest BCUT2D eigenvalue weighted by Crippen LogP contribution is -2.54. The van der Waals surface area contributed by atoms with Gasteiger partial charge in [-0.25, -0.2) is 4.79 Å². The average molecular weight is 387 g/mol. The summed E-state index contributed by atoms with van der Waals surface area (Å²) in [5.41, 5.74) is 0.981. The van der Waals surface area contributed by atoms with Crippen LogP contribution in [0.25, 0.3) is 0 Å². The van der Waals surface area contributed by atoms with Crippen LogP contribution in [-0.2, 0) is 9.59 Å².